The number of hydrogen-bond donors (Lipinski definition) is 0. The highest BCUT2D eigenvalue weighted by Gasteiger charge is 2.32. The number of sulfone groups is 1. The topological polar surface area (TPSA) is 77.4 Å². The molecule has 34 heavy (non-hydrogen) atoms. The predicted molar refractivity (Wildman–Crippen MR) is 136 cm³/mol. The zero-order valence-electron chi connectivity index (χ0n) is 19.3. The number of hydrogen-bond acceptors (Lipinski definition) is 7. The molecule has 3 aromatic carbocycles. The van der Waals surface area contributed by atoms with Crippen LogP contribution >= 0.6 is 15.9 Å². The van der Waals surface area contributed by atoms with Crippen molar-refractivity contribution in [3.8, 4) is 17.2 Å². The Morgan fingerprint density at radius 2 is 1.50 bits per heavy atom. The van der Waals surface area contributed by atoms with E-state index in [0.717, 1.165) is 27.0 Å². The average Bonchev–Trinajstić information content (AvgIpc) is 3.28. The molecule has 3 aromatic rings. The van der Waals surface area contributed by atoms with Crippen molar-refractivity contribution in [2.45, 2.75) is 17.4 Å². The van der Waals surface area contributed by atoms with E-state index >= 15 is 0 Å². The SMILES string of the molecule is COc1cc(C2CC(c3ccc(Br)cc3)=NN2c2ccc(S(C)(=O)=O)cc2)cc(OC)c1OC. The van der Waals surface area contributed by atoms with Crippen molar-refractivity contribution < 1.29 is 22.6 Å². The van der Waals surface area contributed by atoms with Crippen LogP contribution in [0.4, 0.5) is 5.69 Å². The van der Waals surface area contributed by atoms with Crippen molar-refractivity contribution >= 4 is 37.2 Å². The zero-order chi connectivity index (χ0) is 24.5. The van der Waals surface area contributed by atoms with Crippen molar-refractivity contribution in [2.24, 2.45) is 5.10 Å². The molecule has 1 unspecified atom stereocenters. The van der Waals surface area contributed by atoms with Crippen LogP contribution in [-0.4, -0.2) is 41.7 Å². The minimum atomic E-state index is -3.30. The van der Waals surface area contributed by atoms with Crippen molar-refractivity contribution in [3.05, 3.63) is 76.3 Å². The Bertz CT molecular complexity index is 1300. The Balaban J connectivity index is 1.81. The fraction of sp³-hybridized carbons (Fsp3) is 0.240. The molecule has 7 nitrogen and oxygen atoms in total. The van der Waals surface area contributed by atoms with Gasteiger partial charge in [-0.15, -0.1) is 0 Å². The van der Waals surface area contributed by atoms with Crippen LogP contribution in [0.2, 0.25) is 0 Å². The number of halogens is 1. The van der Waals surface area contributed by atoms with E-state index in [1.807, 2.05) is 41.4 Å². The van der Waals surface area contributed by atoms with Crippen molar-refractivity contribution in [1.82, 2.24) is 0 Å². The summed E-state index contributed by atoms with van der Waals surface area (Å²) in [7, 11) is 1.44. The first-order valence-corrected chi connectivity index (χ1v) is 13.2. The van der Waals surface area contributed by atoms with Crippen LogP contribution in [0.15, 0.2) is 75.1 Å². The van der Waals surface area contributed by atoms with Gasteiger partial charge < -0.3 is 14.2 Å². The molecule has 1 atom stereocenters. The number of benzene rings is 3. The van der Waals surface area contributed by atoms with Gasteiger partial charge in [-0.3, -0.25) is 5.01 Å². The summed E-state index contributed by atoms with van der Waals surface area (Å²) in [6, 6.07) is 18.4. The summed E-state index contributed by atoms with van der Waals surface area (Å²) in [6.45, 7) is 0. The summed E-state index contributed by atoms with van der Waals surface area (Å²) < 4.78 is 41.5. The Hall–Kier alpha value is -3.04. The maximum atomic E-state index is 11.9. The van der Waals surface area contributed by atoms with E-state index in [1.165, 1.54) is 6.26 Å². The number of methoxy groups -OCH3 is 3. The molecular weight excluding hydrogens is 520 g/mol. The summed E-state index contributed by atoms with van der Waals surface area (Å²) in [5.74, 6) is 1.63. The molecule has 1 aliphatic heterocycles. The summed E-state index contributed by atoms with van der Waals surface area (Å²) >= 11 is 3.48. The van der Waals surface area contributed by atoms with Gasteiger partial charge in [-0.1, -0.05) is 28.1 Å². The largest absolute Gasteiger partial charge is 0.493 e. The fourth-order valence-electron chi connectivity index (χ4n) is 3.96. The maximum absolute atomic E-state index is 11.9. The number of nitrogens with zero attached hydrogens (tertiary/aromatic N) is 2. The molecule has 0 bridgehead atoms. The normalized spacial score (nSPS) is 15.7. The Morgan fingerprint density at radius 1 is 0.912 bits per heavy atom. The zero-order valence-corrected chi connectivity index (χ0v) is 21.7. The lowest BCUT2D eigenvalue weighted by Crippen LogP contribution is -2.19. The quantitative estimate of drug-likeness (QED) is 0.405. The smallest absolute Gasteiger partial charge is 0.203 e. The van der Waals surface area contributed by atoms with Crippen LogP contribution in [0.1, 0.15) is 23.6 Å². The van der Waals surface area contributed by atoms with Gasteiger partial charge in [-0.2, -0.15) is 5.10 Å². The molecule has 1 aliphatic rings. The van der Waals surface area contributed by atoms with Crippen LogP contribution in [0.25, 0.3) is 0 Å². The summed E-state index contributed by atoms with van der Waals surface area (Å²) in [4.78, 5) is 0.261. The average molecular weight is 545 g/mol. The summed E-state index contributed by atoms with van der Waals surface area (Å²) in [6.07, 6.45) is 1.83. The standard InChI is InChI=1S/C25H25BrN2O5S/c1-31-23-13-17(14-24(32-2)25(23)33-3)22-15-21(16-5-7-18(26)8-6-16)27-28(22)19-9-11-20(12-10-19)34(4,29)30/h5-14,22H,15H2,1-4H3. The minimum absolute atomic E-state index is 0.170. The second kappa shape index (κ2) is 9.68. The molecule has 4 rings (SSSR count). The Morgan fingerprint density at radius 3 is 2.00 bits per heavy atom. The van der Waals surface area contributed by atoms with Gasteiger partial charge in [-0.05, 0) is 59.7 Å². The predicted octanol–water partition coefficient (Wildman–Crippen LogP) is 5.23. The molecule has 0 amide bonds. The monoisotopic (exact) mass is 544 g/mol. The third kappa shape index (κ3) is 4.76. The van der Waals surface area contributed by atoms with Crippen molar-refractivity contribution in [3.63, 3.8) is 0 Å². The van der Waals surface area contributed by atoms with E-state index in [9.17, 15) is 8.42 Å². The molecule has 0 aliphatic carbocycles. The summed E-state index contributed by atoms with van der Waals surface area (Å²) in [5.41, 5.74) is 3.63. The van der Waals surface area contributed by atoms with Gasteiger partial charge in [0.1, 0.15) is 0 Å². The van der Waals surface area contributed by atoms with Crippen molar-refractivity contribution in [1.29, 1.82) is 0 Å². The van der Waals surface area contributed by atoms with Gasteiger partial charge in [0, 0.05) is 17.1 Å². The second-order valence-corrected chi connectivity index (χ2v) is 10.8. The van der Waals surface area contributed by atoms with Crippen LogP contribution < -0.4 is 19.2 Å². The van der Waals surface area contributed by atoms with E-state index in [-0.39, 0.29) is 10.9 Å². The number of ether oxygens (including phenoxy) is 3. The third-order valence-corrected chi connectivity index (χ3v) is 7.35. The van der Waals surface area contributed by atoms with E-state index in [4.69, 9.17) is 19.3 Å². The number of anilines is 1. The van der Waals surface area contributed by atoms with Crippen LogP contribution in [0.5, 0.6) is 17.2 Å². The molecule has 0 N–H and O–H groups in total. The first kappa shape index (κ1) is 24.1. The molecule has 0 fully saturated rings. The third-order valence-electron chi connectivity index (χ3n) is 5.69. The lowest BCUT2D eigenvalue weighted by Gasteiger charge is -2.25. The molecule has 0 saturated heterocycles. The maximum Gasteiger partial charge on any atom is 0.203 e. The Labute approximate surface area is 208 Å². The van der Waals surface area contributed by atoms with Gasteiger partial charge in [-0.25, -0.2) is 8.42 Å². The highest BCUT2D eigenvalue weighted by Crippen LogP contribution is 2.44. The number of rotatable bonds is 7. The molecule has 9 heteroatoms. The molecule has 0 radical (unpaired) electrons. The van der Waals surface area contributed by atoms with Gasteiger partial charge in [0.15, 0.2) is 21.3 Å². The molecule has 0 saturated carbocycles. The number of hydrazone groups is 1. The van der Waals surface area contributed by atoms with Crippen LogP contribution in [-0.2, 0) is 9.84 Å². The lowest BCUT2D eigenvalue weighted by molar-refractivity contribution is 0.323. The van der Waals surface area contributed by atoms with Gasteiger partial charge in [0.05, 0.1) is 43.7 Å². The summed E-state index contributed by atoms with van der Waals surface area (Å²) in [5, 5.41) is 6.84. The van der Waals surface area contributed by atoms with E-state index in [1.54, 1.807) is 45.6 Å². The molecule has 0 spiro atoms. The highest BCUT2D eigenvalue weighted by molar-refractivity contribution is 9.10. The lowest BCUT2D eigenvalue weighted by atomic mass is 9.97. The first-order chi connectivity index (χ1) is 16.2. The Kier molecular flexibility index (Phi) is 6.86. The van der Waals surface area contributed by atoms with Gasteiger partial charge >= 0.3 is 0 Å². The molecule has 178 valence electrons. The van der Waals surface area contributed by atoms with E-state index < -0.39 is 9.84 Å². The molecule has 1 heterocycles. The van der Waals surface area contributed by atoms with E-state index in [0.29, 0.717) is 23.7 Å². The molecule has 0 aromatic heterocycles. The second-order valence-electron chi connectivity index (χ2n) is 7.84. The molecular formula is C25H25BrN2O5S. The highest BCUT2D eigenvalue weighted by atomic mass is 79.9. The fourth-order valence-corrected chi connectivity index (χ4v) is 4.86. The van der Waals surface area contributed by atoms with Crippen molar-refractivity contribution in [2.75, 3.05) is 32.6 Å². The van der Waals surface area contributed by atoms with Crippen LogP contribution in [0, 0.1) is 0 Å². The minimum Gasteiger partial charge on any atom is -0.493 e. The van der Waals surface area contributed by atoms with Crippen LogP contribution in [0.3, 0.4) is 0 Å². The van der Waals surface area contributed by atoms with Gasteiger partial charge in [0.2, 0.25) is 5.75 Å². The first-order valence-electron chi connectivity index (χ1n) is 10.5. The van der Waals surface area contributed by atoms with Gasteiger partial charge in [0.25, 0.3) is 0 Å². The van der Waals surface area contributed by atoms with E-state index in [2.05, 4.69) is 15.9 Å².